The fourth-order valence-corrected chi connectivity index (χ4v) is 3.29. The van der Waals surface area contributed by atoms with Crippen LogP contribution in [0.4, 0.5) is 5.13 Å². The lowest BCUT2D eigenvalue weighted by atomic mass is 10.1. The summed E-state index contributed by atoms with van der Waals surface area (Å²) in [5.41, 5.74) is 2.54. The Morgan fingerprint density at radius 2 is 2.05 bits per heavy atom. The van der Waals surface area contributed by atoms with Gasteiger partial charge in [0.1, 0.15) is 5.82 Å². The molecule has 22 heavy (non-hydrogen) atoms. The summed E-state index contributed by atoms with van der Waals surface area (Å²) < 4.78 is 4.45. The minimum absolute atomic E-state index is 0.460. The predicted octanol–water partition coefficient (Wildman–Crippen LogP) is 3.49. The lowest BCUT2D eigenvalue weighted by molar-refractivity contribution is 1.00. The Hall–Kier alpha value is -2.27. The summed E-state index contributed by atoms with van der Waals surface area (Å²) in [7, 11) is 0. The molecule has 4 rings (SSSR count). The van der Waals surface area contributed by atoms with E-state index in [0.717, 1.165) is 23.8 Å². The van der Waals surface area contributed by atoms with E-state index >= 15 is 0 Å². The average molecular weight is 308 g/mol. The predicted molar refractivity (Wildman–Crippen MR) is 88.2 cm³/mol. The number of nitrogens with zero attached hydrogens (tertiary/aromatic N) is 3. The third-order valence-electron chi connectivity index (χ3n) is 3.89. The molecule has 0 amide bonds. The molecule has 0 saturated heterocycles. The summed E-state index contributed by atoms with van der Waals surface area (Å²) in [6.07, 6.45) is 5.69. The third-order valence-corrected chi connectivity index (χ3v) is 4.57. The first-order chi connectivity index (χ1) is 10.9. The quantitative estimate of drug-likeness (QED) is 0.784. The van der Waals surface area contributed by atoms with E-state index in [-0.39, 0.29) is 0 Å². The minimum Gasteiger partial charge on any atom is -0.357 e. The van der Waals surface area contributed by atoms with Crippen LogP contribution >= 0.6 is 11.5 Å². The van der Waals surface area contributed by atoms with Crippen LogP contribution in [0.3, 0.4) is 0 Å². The standard InChI is InChI=1S/C17H16N4S/c1-2-5-12(6-3-1)9-16-20-17(22-21-16)19-15-10-14(15)13-7-4-8-18-11-13/h1-8,11,14-15H,9-10H2,(H,19,20,21)/t14-,15+/m1/s1. The fourth-order valence-electron chi connectivity index (χ4n) is 2.64. The number of aromatic nitrogens is 3. The summed E-state index contributed by atoms with van der Waals surface area (Å²) in [5.74, 6) is 1.44. The van der Waals surface area contributed by atoms with Crippen LogP contribution in [0.1, 0.15) is 29.3 Å². The van der Waals surface area contributed by atoms with Crippen LogP contribution in [-0.2, 0) is 6.42 Å². The van der Waals surface area contributed by atoms with Crippen LogP contribution < -0.4 is 5.32 Å². The third kappa shape index (κ3) is 2.99. The van der Waals surface area contributed by atoms with E-state index < -0.39 is 0 Å². The lowest BCUT2D eigenvalue weighted by Crippen LogP contribution is -2.04. The van der Waals surface area contributed by atoms with Gasteiger partial charge in [0.25, 0.3) is 0 Å². The number of hydrogen-bond donors (Lipinski definition) is 1. The summed E-state index contributed by atoms with van der Waals surface area (Å²) in [6.45, 7) is 0. The van der Waals surface area contributed by atoms with Crippen molar-refractivity contribution >= 4 is 16.7 Å². The number of benzene rings is 1. The van der Waals surface area contributed by atoms with Crippen LogP contribution in [0.5, 0.6) is 0 Å². The molecule has 1 N–H and O–H groups in total. The first-order valence-corrected chi connectivity index (χ1v) is 8.19. The fraction of sp³-hybridized carbons (Fsp3) is 0.235. The second kappa shape index (κ2) is 5.85. The summed E-state index contributed by atoms with van der Waals surface area (Å²) in [4.78, 5) is 8.78. The molecule has 2 aromatic heterocycles. The number of rotatable bonds is 5. The zero-order valence-corrected chi connectivity index (χ0v) is 12.8. The first kappa shape index (κ1) is 13.4. The molecular formula is C17H16N4S. The number of nitrogens with one attached hydrogen (secondary N) is 1. The van der Waals surface area contributed by atoms with Gasteiger partial charge in [0, 0.05) is 42.3 Å². The van der Waals surface area contributed by atoms with Crippen molar-refractivity contribution in [2.24, 2.45) is 0 Å². The van der Waals surface area contributed by atoms with Crippen molar-refractivity contribution in [2.75, 3.05) is 5.32 Å². The highest BCUT2D eigenvalue weighted by molar-refractivity contribution is 7.09. The molecule has 1 aliphatic rings. The SMILES string of the molecule is c1ccc(Cc2nsc(N[C@H]3C[C@@H]3c3cccnc3)n2)cc1. The Kier molecular flexibility index (Phi) is 3.56. The van der Waals surface area contributed by atoms with E-state index in [0.29, 0.717) is 12.0 Å². The monoisotopic (exact) mass is 308 g/mol. The van der Waals surface area contributed by atoms with Crippen molar-refractivity contribution in [1.82, 2.24) is 14.3 Å². The lowest BCUT2D eigenvalue weighted by Gasteiger charge is -2.01. The van der Waals surface area contributed by atoms with E-state index in [9.17, 15) is 0 Å². The van der Waals surface area contributed by atoms with Gasteiger partial charge in [-0.1, -0.05) is 36.4 Å². The van der Waals surface area contributed by atoms with E-state index in [1.165, 1.54) is 22.7 Å². The van der Waals surface area contributed by atoms with Crippen molar-refractivity contribution in [3.63, 3.8) is 0 Å². The molecule has 110 valence electrons. The van der Waals surface area contributed by atoms with Crippen LogP contribution in [-0.4, -0.2) is 20.4 Å². The number of pyridine rings is 1. The van der Waals surface area contributed by atoms with Gasteiger partial charge in [-0.2, -0.15) is 4.37 Å². The average Bonchev–Trinajstić information content (AvgIpc) is 3.20. The van der Waals surface area contributed by atoms with Crippen LogP contribution in [0.15, 0.2) is 54.9 Å². The topological polar surface area (TPSA) is 50.7 Å². The molecule has 0 unspecified atom stereocenters. The van der Waals surface area contributed by atoms with Gasteiger partial charge in [-0.25, -0.2) is 4.98 Å². The van der Waals surface area contributed by atoms with Gasteiger partial charge in [-0.3, -0.25) is 4.98 Å². The van der Waals surface area contributed by atoms with Crippen molar-refractivity contribution in [3.05, 3.63) is 71.8 Å². The largest absolute Gasteiger partial charge is 0.357 e. The van der Waals surface area contributed by atoms with Gasteiger partial charge in [0.2, 0.25) is 5.13 Å². The molecule has 1 aromatic carbocycles. The highest BCUT2D eigenvalue weighted by Gasteiger charge is 2.39. The van der Waals surface area contributed by atoms with Gasteiger partial charge in [-0.05, 0) is 23.6 Å². The molecule has 2 atom stereocenters. The van der Waals surface area contributed by atoms with Gasteiger partial charge in [0.15, 0.2) is 0 Å². The van der Waals surface area contributed by atoms with E-state index in [2.05, 4.69) is 37.9 Å². The molecule has 1 saturated carbocycles. The van der Waals surface area contributed by atoms with E-state index in [1.807, 2.05) is 36.7 Å². The first-order valence-electron chi connectivity index (χ1n) is 7.41. The van der Waals surface area contributed by atoms with Crippen LogP contribution in [0.25, 0.3) is 0 Å². The molecular weight excluding hydrogens is 292 g/mol. The summed E-state index contributed by atoms with van der Waals surface area (Å²) in [5, 5.41) is 4.41. The van der Waals surface area contributed by atoms with Gasteiger partial charge < -0.3 is 5.32 Å². The molecule has 1 fully saturated rings. The van der Waals surface area contributed by atoms with Crippen molar-refractivity contribution in [3.8, 4) is 0 Å². The summed E-state index contributed by atoms with van der Waals surface area (Å²) >= 11 is 1.45. The zero-order chi connectivity index (χ0) is 14.8. The zero-order valence-electron chi connectivity index (χ0n) is 12.0. The molecule has 0 spiro atoms. The Bertz CT molecular complexity index is 742. The molecule has 0 aliphatic heterocycles. The number of hydrogen-bond acceptors (Lipinski definition) is 5. The van der Waals surface area contributed by atoms with E-state index in [4.69, 9.17) is 0 Å². The van der Waals surface area contributed by atoms with Crippen molar-refractivity contribution in [1.29, 1.82) is 0 Å². The molecule has 0 bridgehead atoms. The molecule has 1 aliphatic carbocycles. The second-order valence-corrected chi connectivity index (χ2v) is 6.31. The Labute approximate surface area is 133 Å². The summed E-state index contributed by atoms with van der Waals surface area (Å²) in [6, 6.07) is 14.9. The Balaban J connectivity index is 1.37. The van der Waals surface area contributed by atoms with Gasteiger partial charge in [0.05, 0.1) is 0 Å². The second-order valence-electron chi connectivity index (χ2n) is 5.56. The molecule has 2 heterocycles. The highest BCUT2D eigenvalue weighted by atomic mass is 32.1. The molecule has 5 heteroatoms. The minimum atomic E-state index is 0.460. The van der Waals surface area contributed by atoms with Crippen LogP contribution in [0.2, 0.25) is 0 Å². The van der Waals surface area contributed by atoms with Crippen LogP contribution in [0, 0.1) is 0 Å². The maximum absolute atomic E-state index is 4.59. The maximum Gasteiger partial charge on any atom is 0.202 e. The van der Waals surface area contributed by atoms with Crippen molar-refractivity contribution < 1.29 is 0 Å². The normalized spacial score (nSPS) is 19.8. The van der Waals surface area contributed by atoms with Crippen molar-refractivity contribution in [2.45, 2.75) is 24.8 Å². The molecule has 4 nitrogen and oxygen atoms in total. The molecule has 0 radical (unpaired) electrons. The highest BCUT2D eigenvalue weighted by Crippen LogP contribution is 2.42. The number of anilines is 1. The van der Waals surface area contributed by atoms with Gasteiger partial charge in [-0.15, -0.1) is 0 Å². The molecule has 3 aromatic rings. The van der Waals surface area contributed by atoms with E-state index in [1.54, 1.807) is 0 Å². The Morgan fingerprint density at radius 3 is 2.86 bits per heavy atom. The Morgan fingerprint density at radius 1 is 1.14 bits per heavy atom. The smallest absolute Gasteiger partial charge is 0.202 e. The van der Waals surface area contributed by atoms with Gasteiger partial charge >= 0.3 is 0 Å². The maximum atomic E-state index is 4.59.